The quantitative estimate of drug-likeness (QED) is 0.774. The van der Waals surface area contributed by atoms with E-state index in [1.807, 2.05) is 30.3 Å². The van der Waals surface area contributed by atoms with Crippen molar-refractivity contribution in [1.29, 1.82) is 0 Å². The minimum Gasteiger partial charge on any atom is -0.480 e. The van der Waals surface area contributed by atoms with Crippen LogP contribution in [0.3, 0.4) is 0 Å². The Morgan fingerprint density at radius 3 is 2.60 bits per heavy atom. The van der Waals surface area contributed by atoms with Crippen LogP contribution in [0.25, 0.3) is 0 Å². The molecule has 0 bridgehead atoms. The summed E-state index contributed by atoms with van der Waals surface area (Å²) in [6.07, 6.45) is 0.517. The smallest absolute Gasteiger partial charge is 0.321 e. The maximum atomic E-state index is 10.9. The van der Waals surface area contributed by atoms with Gasteiger partial charge >= 0.3 is 5.97 Å². The van der Waals surface area contributed by atoms with E-state index < -0.39 is 12.0 Å². The van der Waals surface area contributed by atoms with Gasteiger partial charge in [-0.2, -0.15) is 0 Å². The molecule has 1 atom stereocenters. The summed E-state index contributed by atoms with van der Waals surface area (Å²) in [7, 11) is 0. The van der Waals surface area contributed by atoms with E-state index in [4.69, 9.17) is 5.11 Å². The molecule has 1 rings (SSSR count). The molecule has 1 aromatic carbocycles. The molecule has 0 aliphatic carbocycles. The van der Waals surface area contributed by atoms with E-state index in [9.17, 15) is 4.79 Å². The largest absolute Gasteiger partial charge is 0.480 e. The lowest BCUT2D eigenvalue weighted by Gasteiger charge is -2.13. The Bertz CT molecular complexity index is 303. The van der Waals surface area contributed by atoms with Crippen molar-refractivity contribution in [3.05, 3.63) is 35.9 Å². The molecule has 0 aliphatic rings. The summed E-state index contributed by atoms with van der Waals surface area (Å²) in [5.41, 5.74) is 1.03. The van der Waals surface area contributed by atoms with Gasteiger partial charge < -0.3 is 10.4 Å². The second-order valence-electron chi connectivity index (χ2n) is 3.22. The lowest BCUT2D eigenvalue weighted by atomic mass is 10.1. The zero-order valence-corrected chi connectivity index (χ0v) is 9.90. The molecule has 0 saturated heterocycles. The minimum atomic E-state index is -0.806. The van der Waals surface area contributed by atoms with Gasteiger partial charge in [-0.1, -0.05) is 46.3 Å². The van der Waals surface area contributed by atoms with E-state index in [1.54, 1.807) is 0 Å². The molecule has 1 aromatic rings. The van der Waals surface area contributed by atoms with Crippen LogP contribution in [-0.4, -0.2) is 29.0 Å². The fourth-order valence-electron chi connectivity index (χ4n) is 1.33. The van der Waals surface area contributed by atoms with Crippen molar-refractivity contribution >= 4 is 21.9 Å². The van der Waals surface area contributed by atoms with Crippen molar-refractivity contribution < 1.29 is 9.90 Å². The van der Waals surface area contributed by atoms with E-state index in [0.29, 0.717) is 13.0 Å². The van der Waals surface area contributed by atoms with Crippen molar-refractivity contribution in [3.8, 4) is 0 Å². The first-order valence-electron chi connectivity index (χ1n) is 4.80. The number of hydrogen-bond acceptors (Lipinski definition) is 2. The van der Waals surface area contributed by atoms with E-state index in [1.165, 1.54) is 0 Å². The summed E-state index contributed by atoms with van der Waals surface area (Å²) in [5.74, 6) is -0.806. The number of carboxylic acid groups (broad SMARTS) is 1. The van der Waals surface area contributed by atoms with E-state index in [0.717, 1.165) is 10.9 Å². The zero-order valence-electron chi connectivity index (χ0n) is 8.32. The Morgan fingerprint density at radius 1 is 1.40 bits per heavy atom. The molecule has 0 heterocycles. The van der Waals surface area contributed by atoms with Gasteiger partial charge in [-0.05, 0) is 12.0 Å². The zero-order chi connectivity index (χ0) is 11.1. The Morgan fingerprint density at radius 2 is 2.07 bits per heavy atom. The number of carboxylic acids is 1. The third-order valence-electron chi connectivity index (χ3n) is 2.07. The Hall–Kier alpha value is -0.870. The Labute approximate surface area is 97.6 Å². The molecule has 0 amide bonds. The molecule has 0 aromatic heterocycles. The molecule has 15 heavy (non-hydrogen) atoms. The number of alkyl halides is 1. The summed E-state index contributed by atoms with van der Waals surface area (Å²) in [5, 5.41) is 12.7. The maximum Gasteiger partial charge on any atom is 0.321 e. The van der Waals surface area contributed by atoms with Gasteiger partial charge in [0.05, 0.1) is 0 Å². The number of halogens is 1. The van der Waals surface area contributed by atoms with Crippen LogP contribution in [0.1, 0.15) is 5.56 Å². The van der Waals surface area contributed by atoms with Crippen LogP contribution in [0.4, 0.5) is 0 Å². The normalized spacial score (nSPS) is 12.3. The van der Waals surface area contributed by atoms with Crippen LogP contribution in [0.2, 0.25) is 0 Å². The number of nitrogens with one attached hydrogen (secondary N) is 1. The van der Waals surface area contributed by atoms with Gasteiger partial charge in [0, 0.05) is 11.9 Å². The first-order valence-corrected chi connectivity index (χ1v) is 5.92. The van der Waals surface area contributed by atoms with E-state index >= 15 is 0 Å². The monoisotopic (exact) mass is 271 g/mol. The topological polar surface area (TPSA) is 49.3 Å². The molecule has 0 spiro atoms. The number of aliphatic carboxylic acids is 1. The molecular weight excluding hydrogens is 258 g/mol. The Kier molecular flexibility index (Phi) is 5.36. The second kappa shape index (κ2) is 6.58. The lowest BCUT2D eigenvalue weighted by Crippen LogP contribution is -2.39. The van der Waals surface area contributed by atoms with E-state index in [2.05, 4.69) is 21.2 Å². The summed E-state index contributed by atoms with van der Waals surface area (Å²) in [6.45, 7) is 0.657. The molecule has 0 saturated carbocycles. The highest BCUT2D eigenvalue weighted by Gasteiger charge is 2.16. The van der Waals surface area contributed by atoms with Crippen LogP contribution >= 0.6 is 15.9 Å². The highest BCUT2D eigenvalue weighted by atomic mass is 79.9. The van der Waals surface area contributed by atoms with Crippen LogP contribution < -0.4 is 5.32 Å². The van der Waals surface area contributed by atoms with Gasteiger partial charge in [-0.25, -0.2) is 0 Å². The van der Waals surface area contributed by atoms with Crippen LogP contribution in [0.5, 0.6) is 0 Å². The van der Waals surface area contributed by atoms with Crippen molar-refractivity contribution in [2.75, 3.05) is 11.9 Å². The van der Waals surface area contributed by atoms with Crippen LogP contribution in [0.15, 0.2) is 30.3 Å². The van der Waals surface area contributed by atoms with Gasteiger partial charge in [0.2, 0.25) is 0 Å². The first kappa shape index (κ1) is 12.2. The average molecular weight is 272 g/mol. The van der Waals surface area contributed by atoms with Crippen molar-refractivity contribution in [2.45, 2.75) is 12.5 Å². The predicted octanol–water partition coefficient (Wildman–Crippen LogP) is 1.67. The van der Waals surface area contributed by atoms with Gasteiger partial charge in [-0.3, -0.25) is 4.79 Å². The highest BCUT2D eigenvalue weighted by molar-refractivity contribution is 9.09. The molecule has 4 heteroatoms. The summed E-state index contributed by atoms with van der Waals surface area (Å²) >= 11 is 3.26. The van der Waals surface area contributed by atoms with Crippen molar-refractivity contribution in [3.63, 3.8) is 0 Å². The summed E-state index contributed by atoms with van der Waals surface area (Å²) in [4.78, 5) is 10.9. The maximum absolute atomic E-state index is 10.9. The lowest BCUT2D eigenvalue weighted by molar-refractivity contribution is -0.139. The highest BCUT2D eigenvalue weighted by Crippen LogP contribution is 2.03. The van der Waals surface area contributed by atoms with Gasteiger partial charge in [0.1, 0.15) is 6.04 Å². The van der Waals surface area contributed by atoms with Gasteiger partial charge in [0.15, 0.2) is 0 Å². The molecule has 2 N–H and O–H groups in total. The fraction of sp³-hybridized carbons (Fsp3) is 0.364. The number of carbonyl (C=O) groups is 1. The molecule has 0 radical (unpaired) electrons. The Balaban J connectivity index is 2.55. The molecule has 82 valence electrons. The van der Waals surface area contributed by atoms with E-state index in [-0.39, 0.29) is 0 Å². The van der Waals surface area contributed by atoms with Gasteiger partial charge in [-0.15, -0.1) is 0 Å². The standard InChI is InChI=1S/C11H14BrNO2/c12-6-7-13-10(11(14)15)8-9-4-2-1-3-5-9/h1-5,10,13H,6-8H2,(H,14,15)/t10-/m0/s1. The fourth-order valence-corrected chi connectivity index (χ4v) is 1.55. The summed E-state index contributed by atoms with van der Waals surface area (Å²) < 4.78 is 0. The van der Waals surface area contributed by atoms with Crippen LogP contribution in [0, 0.1) is 0 Å². The second-order valence-corrected chi connectivity index (χ2v) is 4.02. The third-order valence-corrected chi connectivity index (χ3v) is 2.46. The number of hydrogen-bond donors (Lipinski definition) is 2. The molecular formula is C11H14BrNO2. The first-order chi connectivity index (χ1) is 7.24. The summed E-state index contributed by atoms with van der Waals surface area (Å²) in [6, 6.07) is 9.12. The SMILES string of the molecule is O=C(O)[C@H](Cc1ccccc1)NCCBr. The van der Waals surface area contributed by atoms with Crippen molar-refractivity contribution in [2.24, 2.45) is 0 Å². The molecule has 0 unspecified atom stereocenters. The van der Waals surface area contributed by atoms with Gasteiger partial charge in [0.25, 0.3) is 0 Å². The molecule has 0 fully saturated rings. The molecule has 0 aliphatic heterocycles. The molecule has 3 nitrogen and oxygen atoms in total. The number of benzene rings is 1. The predicted molar refractivity (Wildman–Crippen MR) is 63.4 cm³/mol. The van der Waals surface area contributed by atoms with Crippen LogP contribution in [-0.2, 0) is 11.2 Å². The third kappa shape index (κ3) is 4.44. The number of rotatable bonds is 6. The van der Waals surface area contributed by atoms with Crippen molar-refractivity contribution in [1.82, 2.24) is 5.32 Å². The average Bonchev–Trinajstić information content (AvgIpc) is 2.25. The minimum absolute atomic E-state index is 0.509.